The average Bonchev–Trinajstić information content (AvgIpc) is 2.26. The van der Waals surface area contributed by atoms with E-state index in [0.29, 0.717) is 17.3 Å². The molecule has 0 saturated heterocycles. The Morgan fingerprint density at radius 2 is 2.31 bits per heavy atom. The molecule has 1 aromatic rings. The van der Waals surface area contributed by atoms with Gasteiger partial charge in [0.2, 0.25) is 5.91 Å². The molecule has 1 atom stereocenters. The Bertz CT molecular complexity index is 380. The number of carbonyl (C=O) groups excluding carboxylic acids is 1. The van der Waals surface area contributed by atoms with Crippen molar-refractivity contribution in [3.05, 3.63) is 28.8 Å². The van der Waals surface area contributed by atoms with Crippen LogP contribution >= 0.6 is 11.6 Å². The van der Waals surface area contributed by atoms with Crippen LogP contribution in [-0.4, -0.2) is 19.1 Å². The van der Waals surface area contributed by atoms with E-state index < -0.39 is 6.04 Å². The van der Waals surface area contributed by atoms with E-state index >= 15 is 0 Å². The number of nitrogens with one attached hydrogen (secondary N) is 1. The normalized spacial score (nSPS) is 12.0. The highest BCUT2D eigenvalue weighted by molar-refractivity contribution is 6.31. The summed E-state index contributed by atoms with van der Waals surface area (Å²) in [7, 11) is 1.56. The molecular formula is C11H15ClN2O2. The highest BCUT2D eigenvalue weighted by Gasteiger charge is 2.11. The van der Waals surface area contributed by atoms with Crippen molar-refractivity contribution < 1.29 is 9.53 Å². The highest BCUT2D eigenvalue weighted by atomic mass is 35.5. The Kier molecular flexibility index (Phi) is 4.58. The highest BCUT2D eigenvalue weighted by Crippen LogP contribution is 2.25. The van der Waals surface area contributed by atoms with Crippen molar-refractivity contribution >= 4 is 17.5 Å². The second kappa shape index (κ2) is 5.72. The molecule has 0 aliphatic carbocycles. The summed E-state index contributed by atoms with van der Waals surface area (Å²) in [5.41, 5.74) is 6.18. The first kappa shape index (κ1) is 12.8. The van der Waals surface area contributed by atoms with Crippen LogP contribution in [0.5, 0.6) is 5.75 Å². The Morgan fingerprint density at radius 3 is 2.88 bits per heavy atom. The van der Waals surface area contributed by atoms with Gasteiger partial charge in [-0.05, 0) is 19.1 Å². The summed E-state index contributed by atoms with van der Waals surface area (Å²) in [5.74, 6) is 0.430. The summed E-state index contributed by atoms with van der Waals surface area (Å²) < 4.78 is 5.15. The van der Waals surface area contributed by atoms with Gasteiger partial charge in [0.1, 0.15) is 5.75 Å². The Morgan fingerprint density at radius 1 is 1.62 bits per heavy atom. The van der Waals surface area contributed by atoms with E-state index in [2.05, 4.69) is 5.32 Å². The summed E-state index contributed by atoms with van der Waals surface area (Å²) in [6.45, 7) is 1.93. The first-order valence-corrected chi connectivity index (χ1v) is 5.28. The van der Waals surface area contributed by atoms with E-state index in [-0.39, 0.29) is 5.91 Å². The summed E-state index contributed by atoms with van der Waals surface area (Å²) >= 11 is 6.01. The smallest absolute Gasteiger partial charge is 0.236 e. The van der Waals surface area contributed by atoms with E-state index in [4.69, 9.17) is 22.1 Å². The number of halogens is 1. The lowest BCUT2D eigenvalue weighted by atomic mass is 10.2. The van der Waals surface area contributed by atoms with Gasteiger partial charge in [0.05, 0.1) is 13.2 Å². The SMILES string of the molecule is COc1cccc(Cl)c1CNC(=O)[C@H](C)N. The van der Waals surface area contributed by atoms with Gasteiger partial charge in [-0.25, -0.2) is 0 Å². The minimum atomic E-state index is -0.534. The number of methoxy groups -OCH3 is 1. The maximum absolute atomic E-state index is 11.3. The molecule has 88 valence electrons. The van der Waals surface area contributed by atoms with Crippen molar-refractivity contribution in [3.8, 4) is 5.75 Å². The van der Waals surface area contributed by atoms with Gasteiger partial charge >= 0.3 is 0 Å². The molecule has 1 rings (SSSR count). The summed E-state index contributed by atoms with van der Waals surface area (Å²) in [6.07, 6.45) is 0. The van der Waals surface area contributed by atoms with Gasteiger partial charge in [0.15, 0.2) is 0 Å². The first-order valence-electron chi connectivity index (χ1n) is 4.91. The van der Waals surface area contributed by atoms with Gasteiger partial charge in [0, 0.05) is 17.1 Å². The third kappa shape index (κ3) is 3.12. The topological polar surface area (TPSA) is 64.3 Å². The molecule has 0 aliphatic heterocycles. The van der Waals surface area contributed by atoms with Crippen LogP contribution in [0.2, 0.25) is 5.02 Å². The lowest BCUT2D eigenvalue weighted by Gasteiger charge is -2.12. The molecule has 0 fully saturated rings. The van der Waals surface area contributed by atoms with Gasteiger partial charge in [-0.15, -0.1) is 0 Å². The number of hydrogen-bond donors (Lipinski definition) is 2. The standard InChI is InChI=1S/C11H15ClN2O2/c1-7(13)11(15)14-6-8-9(12)4-3-5-10(8)16-2/h3-5,7H,6,13H2,1-2H3,(H,14,15)/t7-/m0/s1. The number of hydrogen-bond acceptors (Lipinski definition) is 3. The third-order valence-electron chi connectivity index (χ3n) is 2.15. The summed E-state index contributed by atoms with van der Waals surface area (Å²) in [4.78, 5) is 11.3. The molecule has 0 spiro atoms. The van der Waals surface area contributed by atoms with Crippen molar-refractivity contribution in [1.82, 2.24) is 5.32 Å². The molecule has 0 radical (unpaired) electrons. The lowest BCUT2D eigenvalue weighted by molar-refractivity contribution is -0.122. The Labute approximate surface area is 99.7 Å². The van der Waals surface area contributed by atoms with E-state index in [0.717, 1.165) is 5.56 Å². The number of carbonyl (C=O) groups is 1. The van der Waals surface area contributed by atoms with Gasteiger partial charge in [-0.3, -0.25) is 4.79 Å². The fourth-order valence-electron chi connectivity index (χ4n) is 1.24. The molecule has 3 N–H and O–H groups in total. The molecule has 0 aromatic heterocycles. The summed E-state index contributed by atoms with van der Waals surface area (Å²) in [5, 5.41) is 3.25. The van der Waals surface area contributed by atoms with Gasteiger partial charge < -0.3 is 15.8 Å². The zero-order chi connectivity index (χ0) is 12.1. The van der Waals surface area contributed by atoms with E-state index in [1.807, 2.05) is 0 Å². The van der Waals surface area contributed by atoms with Crippen LogP contribution in [0.15, 0.2) is 18.2 Å². The maximum Gasteiger partial charge on any atom is 0.236 e. The number of ether oxygens (including phenoxy) is 1. The average molecular weight is 243 g/mol. The van der Waals surface area contributed by atoms with Crippen LogP contribution in [0.4, 0.5) is 0 Å². The number of amides is 1. The van der Waals surface area contributed by atoms with Crippen LogP contribution in [0, 0.1) is 0 Å². The molecule has 5 heteroatoms. The largest absolute Gasteiger partial charge is 0.496 e. The van der Waals surface area contributed by atoms with Crippen LogP contribution in [0.25, 0.3) is 0 Å². The van der Waals surface area contributed by atoms with Crippen molar-refractivity contribution in [1.29, 1.82) is 0 Å². The lowest BCUT2D eigenvalue weighted by Crippen LogP contribution is -2.37. The van der Waals surface area contributed by atoms with Crippen LogP contribution in [0.1, 0.15) is 12.5 Å². The van der Waals surface area contributed by atoms with Gasteiger partial charge in [-0.2, -0.15) is 0 Å². The quantitative estimate of drug-likeness (QED) is 0.837. The fourth-order valence-corrected chi connectivity index (χ4v) is 1.47. The van der Waals surface area contributed by atoms with Crippen LogP contribution < -0.4 is 15.8 Å². The van der Waals surface area contributed by atoms with E-state index in [1.54, 1.807) is 32.2 Å². The molecule has 1 aromatic carbocycles. The third-order valence-corrected chi connectivity index (χ3v) is 2.50. The number of rotatable bonds is 4. The summed E-state index contributed by atoms with van der Waals surface area (Å²) in [6, 6.07) is 4.79. The van der Waals surface area contributed by atoms with Gasteiger partial charge in [-0.1, -0.05) is 17.7 Å². The molecule has 0 bridgehead atoms. The van der Waals surface area contributed by atoms with Crippen molar-refractivity contribution in [3.63, 3.8) is 0 Å². The first-order chi connectivity index (χ1) is 7.56. The predicted octanol–water partition coefficient (Wildman–Crippen LogP) is 1.31. The maximum atomic E-state index is 11.3. The van der Waals surface area contributed by atoms with E-state index in [1.165, 1.54) is 0 Å². The molecule has 0 heterocycles. The molecule has 16 heavy (non-hydrogen) atoms. The second-order valence-electron chi connectivity index (χ2n) is 3.43. The Balaban J connectivity index is 2.76. The van der Waals surface area contributed by atoms with Crippen LogP contribution in [0.3, 0.4) is 0 Å². The van der Waals surface area contributed by atoms with E-state index in [9.17, 15) is 4.79 Å². The molecule has 0 unspecified atom stereocenters. The number of nitrogens with two attached hydrogens (primary N) is 1. The van der Waals surface area contributed by atoms with Crippen molar-refractivity contribution in [2.75, 3.05) is 7.11 Å². The molecule has 0 saturated carbocycles. The van der Waals surface area contributed by atoms with Crippen LogP contribution in [-0.2, 0) is 11.3 Å². The fraction of sp³-hybridized carbons (Fsp3) is 0.364. The zero-order valence-corrected chi connectivity index (χ0v) is 10.0. The van der Waals surface area contributed by atoms with Crippen molar-refractivity contribution in [2.45, 2.75) is 19.5 Å². The number of benzene rings is 1. The molecule has 0 aliphatic rings. The predicted molar refractivity (Wildman–Crippen MR) is 63.5 cm³/mol. The monoisotopic (exact) mass is 242 g/mol. The Hall–Kier alpha value is -1.26. The zero-order valence-electron chi connectivity index (χ0n) is 9.29. The minimum absolute atomic E-state index is 0.220. The molecule has 4 nitrogen and oxygen atoms in total. The second-order valence-corrected chi connectivity index (χ2v) is 3.83. The molecule has 1 amide bonds. The van der Waals surface area contributed by atoms with Gasteiger partial charge in [0.25, 0.3) is 0 Å². The van der Waals surface area contributed by atoms with Crippen molar-refractivity contribution in [2.24, 2.45) is 5.73 Å². The molecular weight excluding hydrogens is 228 g/mol. The minimum Gasteiger partial charge on any atom is -0.496 e.